The van der Waals surface area contributed by atoms with Gasteiger partial charge in [0.1, 0.15) is 12.7 Å². The van der Waals surface area contributed by atoms with E-state index in [9.17, 15) is 18.9 Å². The van der Waals surface area contributed by atoms with Crippen LogP contribution in [0.25, 0.3) is 0 Å². The minimum absolute atomic E-state index is 0.00290. The van der Waals surface area contributed by atoms with Gasteiger partial charge in [-0.05, 0) is 79.0 Å². The number of amides is 2. The third-order valence-electron chi connectivity index (χ3n) is 9.07. The van der Waals surface area contributed by atoms with Crippen LogP contribution in [0.3, 0.4) is 0 Å². The van der Waals surface area contributed by atoms with Gasteiger partial charge in [0.25, 0.3) is 0 Å². The van der Waals surface area contributed by atoms with Gasteiger partial charge in [0, 0.05) is 18.8 Å². The van der Waals surface area contributed by atoms with Crippen LogP contribution in [0.5, 0.6) is 0 Å². The maximum atomic E-state index is 13.6. The van der Waals surface area contributed by atoms with Crippen molar-refractivity contribution in [2.24, 2.45) is 11.8 Å². The molecule has 2 amide bonds. The Morgan fingerprint density at radius 3 is 1.85 bits per heavy atom. The molecule has 0 heterocycles. The van der Waals surface area contributed by atoms with Crippen LogP contribution in [0.1, 0.15) is 82.6 Å². The molecule has 0 aliphatic carbocycles. The first kappa shape index (κ1) is 47.5. The molecule has 0 fully saturated rings. The quantitative estimate of drug-likeness (QED) is 0.0417. The van der Waals surface area contributed by atoms with Gasteiger partial charge in [0.15, 0.2) is 0 Å². The number of phosphoric acid groups is 1. The molecule has 0 spiro atoms. The van der Waals surface area contributed by atoms with Crippen molar-refractivity contribution < 1.29 is 46.7 Å². The summed E-state index contributed by atoms with van der Waals surface area (Å²) in [6, 6.07) is 31.3. The highest BCUT2D eigenvalue weighted by atomic mass is 31.2. The number of nitrogens with zero attached hydrogens (tertiary/aromatic N) is 1. The van der Waals surface area contributed by atoms with E-state index in [2.05, 4.69) is 43.2 Å². The lowest BCUT2D eigenvalue weighted by Gasteiger charge is -2.31. The molecule has 60 heavy (non-hydrogen) atoms. The molecule has 1 unspecified atom stereocenters. The number of benzene rings is 4. The Morgan fingerprint density at radius 2 is 1.30 bits per heavy atom. The van der Waals surface area contributed by atoms with E-state index < -0.39 is 32.8 Å². The minimum atomic E-state index is -4.12. The molecule has 324 valence electrons. The van der Waals surface area contributed by atoms with Crippen LogP contribution in [0, 0.1) is 18.8 Å². The van der Waals surface area contributed by atoms with Crippen LogP contribution in [0.4, 0.5) is 26.7 Å². The molecule has 4 rings (SSSR count). The van der Waals surface area contributed by atoms with Gasteiger partial charge in [-0.3, -0.25) is 18.4 Å². The first-order valence-electron chi connectivity index (χ1n) is 20.4. The van der Waals surface area contributed by atoms with E-state index in [1.165, 1.54) is 0 Å². The van der Waals surface area contributed by atoms with Crippen LogP contribution in [-0.2, 0) is 50.4 Å². The Bertz CT molecular complexity index is 1920. The predicted molar refractivity (Wildman–Crippen MR) is 234 cm³/mol. The monoisotopic (exact) mass is 845 g/mol. The number of carbonyl (C=O) groups excluding carboxylic acids is 3. The number of hydrogen-bond acceptors (Lipinski definition) is 11. The summed E-state index contributed by atoms with van der Waals surface area (Å²) in [5, 5.41) is 5.97. The second kappa shape index (κ2) is 24.2. The summed E-state index contributed by atoms with van der Waals surface area (Å²) in [6.45, 7) is 14.6. The summed E-state index contributed by atoms with van der Waals surface area (Å²) in [5.74, 6) is -0.0967. The van der Waals surface area contributed by atoms with Gasteiger partial charge in [-0.15, -0.1) is 0 Å². The molecular formula is C46H60N3O10P. The van der Waals surface area contributed by atoms with Gasteiger partial charge in [-0.1, -0.05) is 119 Å². The molecule has 4 aromatic carbocycles. The summed E-state index contributed by atoms with van der Waals surface area (Å²) in [7, 11) is -4.12. The van der Waals surface area contributed by atoms with Crippen molar-refractivity contribution in [1.29, 1.82) is 0 Å². The predicted octanol–water partition coefficient (Wildman–Crippen LogP) is 11.2. The lowest BCUT2D eigenvalue weighted by atomic mass is 9.92. The zero-order valence-corrected chi connectivity index (χ0v) is 36.7. The fraction of sp³-hybridized carbons (Fsp3) is 0.413. The number of hydrogen-bond donors (Lipinski definition) is 2. The third-order valence-corrected chi connectivity index (χ3v) is 10.6. The Morgan fingerprint density at radius 1 is 0.717 bits per heavy atom. The van der Waals surface area contributed by atoms with Crippen molar-refractivity contribution in [3.8, 4) is 0 Å². The molecule has 14 heteroatoms. The lowest BCUT2D eigenvalue weighted by molar-refractivity contribution is -0.154. The second-order valence-corrected chi connectivity index (χ2v) is 17.1. The maximum absolute atomic E-state index is 13.6. The number of carbonyl (C=O) groups is 3. The molecular weight excluding hydrogens is 785 g/mol. The molecule has 0 aliphatic heterocycles. The van der Waals surface area contributed by atoms with Gasteiger partial charge in [0.05, 0.1) is 31.0 Å². The van der Waals surface area contributed by atoms with E-state index in [1.54, 1.807) is 6.92 Å². The average molecular weight is 846 g/mol. The minimum Gasteiger partial charge on any atom is -0.431 e. The van der Waals surface area contributed by atoms with E-state index in [0.29, 0.717) is 29.6 Å². The summed E-state index contributed by atoms with van der Waals surface area (Å²) < 4.78 is 45.9. The number of nitrogens with one attached hydrogen (secondary N) is 2. The number of esters is 1. The van der Waals surface area contributed by atoms with Gasteiger partial charge < -0.3 is 29.7 Å². The fourth-order valence-electron chi connectivity index (χ4n) is 6.19. The van der Waals surface area contributed by atoms with Crippen molar-refractivity contribution in [2.45, 2.75) is 86.5 Å². The normalized spacial score (nSPS) is 12.4. The zero-order chi connectivity index (χ0) is 43.5. The highest BCUT2D eigenvalue weighted by Crippen LogP contribution is 2.52. The van der Waals surface area contributed by atoms with E-state index >= 15 is 0 Å². The van der Waals surface area contributed by atoms with Crippen LogP contribution < -0.4 is 15.5 Å². The molecule has 0 saturated carbocycles. The number of rotatable bonds is 23. The number of anilines is 3. The fourth-order valence-corrected chi connectivity index (χ4v) is 7.50. The van der Waals surface area contributed by atoms with Crippen molar-refractivity contribution in [1.82, 2.24) is 0 Å². The third kappa shape index (κ3) is 16.8. The van der Waals surface area contributed by atoms with Crippen LogP contribution in [0.2, 0.25) is 0 Å². The zero-order valence-electron chi connectivity index (χ0n) is 35.8. The smallest absolute Gasteiger partial charge is 0.431 e. The van der Waals surface area contributed by atoms with E-state index in [0.717, 1.165) is 41.0 Å². The van der Waals surface area contributed by atoms with Crippen LogP contribution in [-0.4, -0.2) is 50.7 Å². The summed E-state index contributed by atoms with van der Waals surface area (Å²) >= 11 is 0. The van der Waals surface area contributed by atoms with Crippen LogP contribution >= 0.6 is 7.82 Å². The van der Waals surface area contributed by atoms with Crippen LogP contribution in [0.15, 0.2) is 103 Å². The second-order valence-electron chi connectivity index (χ2n) is 15.4. The number of aryl methyl sites for hydroxylation is 1. The Kier molecular flexibility index (Phi) is 19.1. The largest absolute Gasteiger partial charge is 0.511 e. The van der Waals surface area contributed by atoms with E-state index in [4.69, 9.17) is 27.8 Å². The van der Waals surface area contributed by atoms with Crippen molar-refractivity contribution in [3.63, 3.8) is 0 Å². The molecule has 2 atom stereocenters. The highest BCUT2D eigenvalue weighted by molar-refractivity contribution is 7.48. The Balaban J connectivity index is 1.32. The molecule has 4 aromatic rings. The molecule has 0 aliphatic rings. The van der Waals surface area contributed by atoms with E-state index in [-0.39, 0.29) is 38.2 Å². The lowest BCUT2D eigenvalue weighted by Crippen LogP contribution is -2.32. The number of urea groups is 1. The van der Waals surface area contributed by atoms with Crippen molar-refractivity contribution in [3.05, 3.63) is 125 Å². The van der Waals surface area contributed by atoms with E-state index in [1.807, 2.05) is 117 Å². The first-order chi connectivity index (χ1) is 28.7. The standard InChI is InChI=1S/C46H60N3O10P/c1-8-39(40-21-24-43(49(27-33(2)3)28-34(4)5)42(25-40)48-45(51)47-41-22-19-35(6)20-23-41)26-44(50)55-32-56-46(52)54-29-36(7)59-60(53,57-30-37-15-11-9-12-16-37)58-31-38-17-13-10-14-18-38/h9-25,33-34,36,39H,8,26-32H2,1-7H3,(H2,47,48,51)/t36-,39?/m0/s1. The van der Waals surface area contributed by atoms with Crippen molar-refractivity contribution in [2.75, 3.05) is 42.0 Å². The number of phosphoric ester groups is 1. The topological polar surface area (TPSA) is 151 Å². The summed E-state index contributed by atoms with van der Waals surface area (Å²) in [5.41, 5.74) is 5.62. The molecule has 0 bridgehead atoms. The van der Waals surface area contributed by atoms with Gasteiger partial charge in [-0.2, -0.15) is 0 Å². The number of ether oxygens (including phenoxy) is 3. The summed E-state index contributed by atoms with van der Waals surface area (Å²) in [6.07, 6.45) is -1.43. The highest BCUT2D eigenvalue weighted by Gasteiger charge is 2.31. The molecule has 0 radical (unpaired) electrons. The van der Waals surface area contributed by atoms with Crippen molar-refractivity contribution >= 4 is 43.0 Å². The molecule has 0 saturated heterocycles. The summed E-state index contributed by atoms with van der Waals surface area (Å²) in [4.78, 5) is 41.0. The van der Waals surface area contributed by atoms with Gasteiger partial charge in [-0.25, -0.2) is 14.2 Å². The average Bonchev–Trinajstić information content (AvgIpc) is 3.21. The molecule has 13 nitrogen and oxygen atoms in total. The Hall–Kier alpha value is -5.20. The molecule has 2 N–H and O–H groups in total. The van der Waals surface area contributed by atoms with Gasteiger partial charge >= 0.3 is 26.0 Å². The molecule has 0 aromatic heterocycles. The maximum Gasteiger partial charge on any atom is 0.511 e. The SMILES string of the molecule is CCC(CC(=O)OCOC(=O)OC[C@H](C)OP(=O)(OCc1ccccc1)OCc1ccccc1)c1ccc(N(CC(C)C)CC(C)C)c(NC(=O)Nc2ccc(C)cc2)c1. The first-order valence-corrected chi connectivity index (χ1v) is 21.8. The van der Waals surface area contributed by atoms with Gasteiger partial charge in [0.2, 0.25) is 6.79 Å². The Labute approximate surface area is 354 Å².